The quantitative estimate of drug-likeness (QED) is 0.351. The summed E-state index contributed by atoms with van der Waals surface area (Å²) in [6.45, 7) is 9.73. The molecular formula is C16H31N5O3. The molecule has 2 rings (SSSR count). The van der Waals surface area contributed by atoms with E-state index in [1.807, 2.05) is 7.05 Å². The average Bonchev–Trinajstić information content (AvgIpc) is 2.55. The van der Waals surface area contributed by atoms with Crippen molar-refractivity contribution in [1.29, 1.82) is 0 Å². The molecule has 0 aromatic heterocycles. The maximum absolute atomic E-state index is 11.8. The molecule has 2 aliphatic heterocycles. The van der Waals surface area contributed by atoms with Crippen LogP contribution >= 0.6 is 0 Å². The van der Waals surface area contributed by atoms with E-state index >= 15 is 0 Å². The maximum Gasteiger partial charge on any atom is 0.234 e. The van der Waals surface area contributed by atoms with Crippen molar-refractivity contribution in [2.24, 2.45) is 10.4 Å². The van der Waals surface area contributed by atoms with E-state index in [1.54, 1.807) is 7.11 Å². The van der Waals surface area contributed by atoms with Crippen molar-refractivity contribution in [3.05, 3.63) is 0 Å². The summed E-state index contributed by atoms with van der Waals surface area (Å²) in [6, 6.07) is 0. The van der Waals surface area contributed by atoms with Crippen molar-refractivity contribution in [3.63, 3.8) is 0 Å². The minimum absolute atomic E-state index is 0.0564. The number of rotatable bonds is 7. The molecule has 1 amide bonds. The van der Waals surface area contributed by atoms with E-state index in [-0.39, 0.29) is 11.3 Å². The van der Waals surface area contributed by atoms with E-state index < -0.39 is 0 Å². The zero-order valence-corrected chi connectivity index (χ0v) is 15.1. The Hall–Kier alpha value is -1.38. The Labute approximate surface area is 144 Å². The molecule has 0 spiro atoms. The lowest BCUT2D eigenvalue weighted by atomic mass is 9.89. The Morgan fingerprint density at radius 3 is 2.50 bits per heavy atom. The van der Waals surface area contributed by atoms with Crippen molar-refractivity contribution < 1.29 is 14.3 Å². The van der Waals surface area contributed by atoms with Crippen LogP contribution < -0.4 is 10.6 Å². The van der Waals surface area contributed by atoms with Crippen LogP contribution in [0, 0.1) is 5.41 Å². The second-order valence-electron chi connectivity index (χ2n) is 6.81. The number of nitrogens with one attached hydrogen (secondary N) is 2. The molecule has 0 saturated carbocycles. The first kappa shape index (κ1) is 19.0. The molecule has 0 unspecified atom stereocenters. The molecule has 2 fully saturated rings. The molecule has 2 N–H and O–H groups in total. The van der Waals surface area contributed by atoms with Crippen LogP contribution in [0.4, 0.5) is 0 Å². The van der Waals surface area contributed by atoms with Gasteiger partial charge in [-0.15, -0.1) is 0 Å². The Kier molecular flexibility index (Phi) is 7.26. The highest BCUT2D eigenvalue weighted by molar-refractivity contribution is 5.80. The Balaban J connectivity index is 1.67. The van der Waals surface area contributed by atoms with E-state index in [0.29, 0.717) is 19.7 Å². The fourth-order valence-corrected chi connectivity index (χ4v) is 2.85. The van der Waals surface area contributed by atoms with Gasteiger partial charge in [-0.2, -0.15) is 0 Å². The lowest BCUT2D eigenvalue weighted by molar-refractivity contribution is -0.122. The molecule has 0 atom stereocenters. The van der Waals surface area contributed by atoms with Crippen molar-refractivity contribution in [2.75, 3.05) is 79.8 Å². The van der Waals surface area contributed by atoms with Gasteiger partial charge >= 0.3 is 0 Å². The minimum atomic E-state index is 0.0564. The van der Waals surface area contributed by atoms with Crippen molar-refractivity contribution in [2.45, 2.75) is 6.92 Å². The van der Waals surface area contributed by atoms with Crippen LogP contribution in [-0.4, -0.2) is 101 Å². The number of methoxy groups -OCH3 is 1. The van der Waals surface area contributed by atoms with Gasteiger partial charge in [-0.05, 0) is 0 Å². The second-order valence-corrected chi connectivity index (χ2v) is 6.81. The van der Waals surface area contributed by atoms with Crippen molar-refractivity contribution >= 4 is 11.9 Å². The van der Waals surface area contributed by atoms with E-state index in [9.17, 15) is 4.79 Å². The van der Waals surface area contributed by atoms with Crippen molar-refractivity contribution in [3.8, 4) is 0 Å². The third-order valence-electron chi connectivity index (χ3n) is 4.45. The second kappa shape index (κ2) is 9.19. The molecule has 0 aromatic rings. The highest BCUT2D eigenvalue weighted by atomic mass is 16.5. The monoisotopic (exact) mass is 341 g/mol. The standard InChI is InChI=1S/C16H31N5O3/c1-16(12-24-13-16)11-19-15(17-2)21-7-5-20(6-8-21)10-14(22)18-4-9-23-3/h4-13H2,1-3H3,(H,17,19)(H,18,22). The van der Waals surface area contributed by atoms with Crippen LogP contribution in [0.2, 0.25) is 0 Å². The number of carbonyl (C=O) groups is 1. The SMILES string of the molecule is CN=C(NCC1(C)COC1)N1CCN(CC(=O)NCCOC)CC1. The van der Waals surface area contributed by atoms with Gasteiger partial charge in [-0.1, -0.05) is 6.92 Å². The van der Waals surface area contributed by atoms with Crippen LogP contribution in [-0.2, 0) is 14.3 Å². The summed E-state index contributed by atoms with van der Waals surface area (Å²) in [6.07, 6.45) is 0. The smallest absolute Gasteiger partial charge is 0.234 e. The van der Waals surface area contributed by atoms with E-state index in [2.05, 4.69) is 32.3 Å². The molecule has 2 saturated heterocycles. The van der Waals surface area contributed by atoms with Gasteiger partial charge in [0.2, 0.25) is 5.91 Å². The molecule has 8 heteroatoms. The molecule has 2 heterocycles. The Morgan fingerprint density at radius 1 is 1.25 bits per heavy atom. The average molecular weight is 341 g/mol. The fraction of sp³-hybridized carbons (Fsp3) is 0.875. The van der Waals surface area contributed by atoms with E-state index in [1.165, 1.54) is 0 Å². The third kappa shape index (κ3) is 5.61. The fourth-order valence-electron chi connectivity index (χ4n) is 2.85. The normalized spacial score (nSPS) is 21.3. The lowest BCUT2D eigenvalue weighted by Gasteiger charge is -2.40. The lowest BCUT2D eigenvalue weighted by Crippen LogP contribution is -2.56. The maximum atomic E-state index is 11.8. The number of ether oxygens (including phenoxy) is 2. The number of aliphatic imine (C=N–C) groups is 1. The third-order valence-corrected chi connectivity index (χ3v) is 4.45. The highest BCUT2D eigenvalue weighted by Gasteiger charge is 2.33. The molecule has 0 radical (unpaired) electrons. The summed E-state index contributed by atoms with van der Waals surface area (Å²) in [5.41, 5.74) is 0.220. The number of hydrogen-bond donors (Lipinski definition) is 2. The predicted molar refractivity (Wildman–Crippen MR) is 93.2 cm³/mol. The van der Waals surface area contributed by atoms with Crippen LogP contribution in [0.15, 0.2) is 4.99 Å². The van der Waals surface area contributed by atoms with E-state index in [4.69, 9.17) is 9.47 Å². The largest absolute Gasteiger partial charge is 0.383 e. The molecule has 138 valence electrons. The summed E-state index contributed by atoms with van der Waals surface area (Å²) < 4.78 is 10.2. The van der Waals surface area contributed by atoms with Gasteiger partial charge in [0, 0.05) is 58.8 Å². The summed E-state index contributed by atoms with van der Waals surface area (Å²) >= 11 is 0. The van der Waals surface area contributed by atoms with Crippen LogP contribution in [0.1, 0.15) is 6.92 Å². The summed E-state index contributed by atoms with van der Waals surface area (Å²) in [5.74, 6) is 0.994. The van der Waals surface area contributed by atoms with Gasteiger partial charge in [0.1, 0.15) is 0 Å². The number of guanidine groups is 1. The first-order valence-electron chi connectivity index (χ1n) is 8.58. The van der Waals surface area contributed by atoms with Crippen LogP contribution in [0.5, 0.6) is 0 Å². The van der Waals surface area contributed by atoms with Gasteiger partial charge in [0.15, 0.2) is 5.96 Å². The molecule has 0 aliphatic carbocycles. The zero-order valence-electron chi connectivity index (χ0n) is 15.1. The minimum Gasteiger partial charge on any atom is -0.383 e. The van der Waals surface area contributed by atoms with Gasteiger partial charge in [-0.25, -0.2) is 0 Å². The van der Waals surface area contributed by atoms with Crippen LogP contribution in [0.3, 0.4) is 0 Å². The zero-order chi connectivity index (χ0) is 17.4. The molecule has 24 heavy (non-hydrogen) atoms. The Bertz CT molecular complexity index is 431. The van der Waals surface area contributed by atoms with Crippen molar-refractivity contribution in [1.82, 2.24) is 20.4 Å². The predicted octanol–water partition coefficient (Wildman–Crippen LogP) is -1.02. The van der Waals surface area contributed by atoms with Gasteiger partial charge in [-0.3, -0.25) is 14.7 Å². The molecular weight excluding hydrogens is 310 g/mol. The van der Waals surface area contributed by atoms with Gasteiger partial charge in [0.25, 0.3) is 0 Å². The number of amides is 1. The highest BCUT2D eigenvalue weighted by Crippen LogP contribution is 2.25. The van der Waals surface area contributed by atoms with Crippen LogP contribution in [0.25, 0.3) is 0 Å². The number of piperazine rings is 1. The summed E-state index contributed by atoms with van der Waals surface area (Å²) in [4.78, 5) is 20.7. The summed E-state index contributed by atoms with van der Waals surface area (Å²) in [5, 5.41) is 6.31. The Morgan fingerprint density at radius 2 is 1.96 bits per heavy atom. The molecule has 2 aliphatic rings. The first-order chi connectivity index (χ1) is 11.6. The van der Waals surface area contributed by atoms with Gasteiger partial charge < -0.3 is 25.0 Å². The molecule has 0 bridgehead atoms. The number of carbonyl (C=O) groups excluding carboxylic acids is 1. The van der Waals surface area contributed by atoms with E-state index in [0.717, 1.165) is 51.9 Å². The first-order valence-corrected chi connectivity index (χ1v) is 8.58. The molecule has 8 nitrogen and oxygen atoms in total. The summed E-state index contributed by atoms with van der Waals surface area (Å²) in [7, 11) is 3.45. The number of hydrogen-bond acceptors (Lipinski definition) is 5. The van der Waals surface area contributed by atoms with Gasteiger partial charge in [0.05, 0.1) is 26.4 Å². The molecule has 0 aromatic carbocycles. The number of nitrogens with zero attached hydrogens (tertiary/aromatic N) is 3. The topological polar surface area (TPSA) is 78.4 Å².